The summed E-state index contributed by atoms with van der Waals surface area (Å²) in [5.74, 6) is -1.13. The van der Waals surface area contributed by atoms with E-state index >= 15 is 0 Å². The van der Waals surface area contributed by atoms with Gasteiger partial charge in [-0.05, 0) is 18.2 Å². The van der Waals surface area contributed by atoms with Crippen molar-refractivity contribution in [3.63, 3.8) is 0 Å². The Labute approximate surface area is 142 Å². The summed E-state index contributed by atoms with van der Waals surface area (Å²) in [5.41, 5.74) is 0. The van der Waals surface area contributed by atoms with E-state index in [4.69, 9.17) is 36.9 Å². The Morgan fingerprint density at radius 2 is 1.57 bits per heavy atom. The molecule has 5 nitrogen and oxygen atoms in total. The van der Waals surface area contributed by atoms with Gasteiger partial charge in [0.2, 0.25) is 0 Å². The lowest BCUT2D eigenvalue weighted by Crippen LogP contribution is -2.12. The van der Waals surface area contributed by atoms with E-state index < -0.39 is 20.8 Å². The largest absolute Gasteiger partial charge is 0.493 e. The molecule has 0 fully saturated rings. The molecule has 0 amide bonds. The van der Waals surface area contributed by atoms with Crippen LogP contribution in [0.25, 0.3) is 0 Å². The van der Waals surface area contributed by atoms with E-state index in [1.807, 2.05) is 0 Å². The van der Waals surface area contributed by atoms with Gasteiger partial charge in [-0.1, -0.05) is 23.2 Å². The van der Waals surface area contributed by atoms with Gasteiger partial charge in [-0.25, -0.2) is 4.39 Å². The fourth-order valence-electron chi connectivity index (χ4n) is 1.73. The molecule has 9 heteroatoms. The molecule has 0 bridgehead atoms. The van der Waals surface area contributed by atoms with Crippen LogP contribution in [0.5, 0.6) is 17.2 Å². The fourth-order valence-corrected chi connectivity index (χ4v) is 3.25. The molecule has 0 aliphatic heterocycles. The van der Waals surface area contributed by atoms with Crippen LogP contribution >= 0.6 is 23.2 Å². The van der Waals surface area contributed by atoms with Gasteiger partial charge in [0.1, 0.15) is 10.7 Å². The van der Waals surface area contributed by atoms with Crippen molar-refractivity contribution in [3.8, 4) is 17.2 Å². The van der Waals surface area contributed by atoms with E-state index in [-0.39, 0.29) is 22.3 Å². The molecule has 0 unspecified atom stereocenters. The highest BCUT2D eigenvalue weighted by atomic mass is 35.5. The number of methoxy groups -OCH3 is 2. The van der Waals surface area contributed by atoms with Crippen LogP contribution in [0.2, 0.25) is 10.0 Å². The lowest BCUT2D eigenvalue weighted by atomic mass is 10.3. The number of benzene rings is 2. The van der Waals surface area contributed by atoms with Crippen molar-refractivity contribution in [1.82, 2.24) is 0 Å². The number of hydrogen-bond donors (Lipinski definition) is 0. The summed E-state index contributed by atoms with van der Waals surface area (Å²) in [6.07, 6.45) is 0. The van der Waals surface area contributed by atoms with Gasteiger partial charge in [-0.3, -0.25) is 0 Å². The lowest BCUT2D eigenvalue weighted by molar-refractivity contribution is 0.349. The van der Waals surface area contributed by atoms with Crippen LogP contribution in [0, 0.1) is 5.82 Å². The molecular weight excluding hydrogens is 370 g/mol. The maximum atomic E-state index is 14.1. The first-order chi connectivity index (χ1) is 10.8. The Kier molecular flexibility index (Phi) is 5.23. The monoisotopic (exact) mass is 380 g/mol. The molecule has 2 aromatic rings. The molecule has 0 atom stereocenters. The van der Waals surface area contributed by atoms with E-state index in [0.717, 1.165) is 12.1 Å². The Hall–Kier alpha value is -1.70. The molecule has 0 aliphatic carbocycles. The van der Waals surface area contributed by atoms with Crippen LogP contribution < -0.4 is 13.7 Å². The van der Waals surface area contributed by atoms with Crippen molar-refractivity contribution in [2.75, 3.05) is 14.2 Å². The first-order valence-corrected chi connectivity index (χ1v) is 8.26. The second-order valence-corrected chi connectivity index (χ2v) is 6.61. The summed E-state index contributed by atoms with van der Waals surface area (Å²) in [4.78, 5) is -0.707. The predicted molar refractivity (Wildman–Crippen MR) is 83.8 cm³/mol. The van der Waals surface area contributed by atoms with E-state index in [1.54, 1.807) is 0 Å². The third-order valence-corrected chi connectivity index (χ3v) is 4.58. The van der Waals surface area contributed by atoms with Crippen LogP contribution in [0.4, 0.5) is 4.39 Å². The average molecular weight is 381 g/mol. The molecule has 2 aromatic carbocycles. The summed E-state index contributed by atoms with van der Waals surface area (Å²) >= 11 is 11.6. The molecule has 0 saturated heterocycles. The van der Waals surface area contributed by atoms with Crippen LogP contribution in [-0.4, -0.2) is 22.6 Å². The highest BCUT2D eigenvalue weighted by molar-refractivity contribution is 7.87. The topological polar surface area (TPSA) is 61.8 Å². The summed E-state index contributed by atoms with van der Waals surface area (Å²) in [6.45, 7) is 0. The standard InChI is InChI=1S/C14H11Cl2FO5S/c1-20-12-6-10(17)14(7-13(12)21-2)23(18,19)22-11-4-3-8(15)5-9(11)16/h3-7H,1-2H3. The van der Waals surface area contributed by atoms with E-state index in [9.17, 15) is 12.8 Å². The average Bonchev–Trinajstić information content (AvgIpc) is 2.49. The zero-order chi connectivity index (χ0) is 17.2. The van der Waals surface area contributed by atoms with Gasteiger partial charge < -0.3 is 13.7 Å². The third kappa shape index (κ3) is 3.80. The van der Waals surface area contributed by atoms with E-state index in [1.165, 1.54) is 32.4 Å². The van der Waals surface area contributed by atoms with Crippen molar-refractivity contribution in [2.45, 2.75) is 4.90 Å². The molecule has 23 heavy (non-hydrogen) atoms. The number of halogens is 3. The number of hydrogen-bond acceptors (Lipinski definition) is 5. The maximum Gasteiger partial charge on any atom is 0.342 e. The zero-order valence-electron chi connectivity index (χ0n) is 12.0. The maximum absolute atomic E-state index is 14.1. The molecule has 0 N–H and O–H groups in total. The molecule has 2 rings (SSSR count). The van der Waals surface area contributed by atoms with Crippen molar-refractivity contribution in [2.24, 2.45) is 0 Å². The van der Waals surface area contributed by atoms with Gasteiger partial charge in [0, 0.05) is 17.2 Å². The van der Waals surface area contributed by atoms with Gasteiger partial charge in [0.15, 0.2) is 17.2 Å². The van der Waals surface area contributed by atoms with E-state index in [2.05, 4.69) is 0 Å². The lowest BCUT2D eigenvalue weighted by Gasteiger charge is -2.12. The molecule has 0 aromatic heterocycles. The Bertz CT molecular complexity index is 839. The molecular formula is C14H11Cl2FO5S. The minimum Gasteiger partial charge on any atom is -0.493 e. The van der Waals surface area contributed by atoms with Gasteiger partial charge in [-0.2, -0.15) is 8.42 Å². The summed E-state index contributed by atoms with van der Waals surface area (Å²) < 4.78 is 53.4. The predicted octanol–water partition coefficient (Wildman–Crippen LogP) is 3.92. The number of rotatable bonds is 5. The molecule has 124 valence electrons. The minimum absolute atomic E-state index is 0.0260. The van der Waals surface area contributed by atoms with Crippen molar-refractivity contribution in [1.29, 1.82) is 0 Å². The van der Waals surface area contributed by atoms with E-state index in [0.29, 0.717) is 5.02 Å². The Balaban J connectivity index is 2.47. The highest BCUT2D eigenvalue weighted by Crippen LogP contribution is 2.34. The van der Waals surface area contributed by atoms with Crippen molar-refractivity contribution in [3.05, 3.63) is 46.2 Å². The second-order valence-electron chi connectivity index (χ2n) is 4.25. The van der Waals surface area contributed by atoms with Gasteiger partial charge in [0.25, 0.3) is 0 Å². The summed E-state index contributed by atoms with van der Waals surface area (Å²) in [7, 11) is -1.88. The summed E-state index contributed by atoms with van der Waals surface area (Å²) in [6, 6.07) is 5.81. The molecule has 0 radical (unpaired) electrons. The first kappa shape index (κ1) is 17.7. The summed E-state index contributed by atoms with van der Waals surface area (Å²) in [5, 5.41) is 0.277. The smallest absolute Gasteiger partial charge is 0.342 e. The second kappa shape index (κ2) is 6.82. The van der Waals surface area contributed by atoms with Gasteiger partial charge in [0.05, 0.1) is 19.2 Å². The minimum atomic E-state index is -4.48. The van der Waals surface area contributed by atoms with Gasteiger partial charge in [-0.15, -0.1) is 0 Å². The van der Waals surface area contributed by atoms with Crippen molar-refractivity contribution < 1.29 is 26.5 Å². The number of ether oxygens (including phenoxy) is 2. The normalized spacial score (nSPS) is 11.2. The Morgan fingerprint density at radius 1 is 0.957 bits per heavy atom. The first-order valence-electron chi connectivity index (χ1n) is 6.09. The molecule has 0 aliphatic rings. The fraction of sp³-hybridized carbons (Fsp3) is 0.143. The van der Waals surface area contributed by atoms with Crippen LogP contribution in [0.15, 0.2) is 35.2 Å². The SMILES string of the molecule is COc1cc(F)c(S(=O)(=O)Oc2ccc(Cl)cc2Cl)cc1OC. The quantitative estimate of drug-likeness (QED) is 0.735. The highest BCUT2D eigenvalue weighted by Gasteiger charge is 2.25. The van der Waals surface area contributed by atoms with Crippen molar-refractivity contribution >= 4 is 33.3 Å². The molecule has 0 heterocycles. The Morgan fingerprint density at radius 3 is 2.13 bits per heavy atom. The van der Waals surface area contributed by atoms with Crippen LogP contribution in [0.1, 0.15) is 0 Å². The molecule has 0 saturated carbocycles. The van der Waals surface area contributed by atoms with Crippen LogP contribution in [0.3, 0.4) is 0 Å². The zero-order valence-corrected chi connectivity index (χ0v) is 14.3. The molecule has 0 spiro atoms. The van der Waals surface area contributed by atoms with Gasteiger partial charge >= 0.3 is 10.1 Å². The van der Waals surface area contributed by atoms with Crippen LogP contribution in [-0.2, 0) is 10.1 Å². The third-order valence-electron chi connectivity index (χ3n) is 2.80.